The van der Waals surface area contributed by atoms with E-state index in [9.17, 15) is 4.39 Å². The van der Waals surface area contributed by atoms with Gasteiger partial charge in [0.2, 0.25) is 5.89 Å². The van der Waals surface area contributed by atoms with Crippen molar-refractivity contribution in [1.29, 1.82) is 0 Å². The van der Waals surface area contributed by atoms with Gasteiger partial charge in [-0.3, -0.25) is 0 Å². The first-order valence-corrected chi connectivity index (χ1v) is 8.98. The number of unbranched alkanes of at least 4 members (excludes halogenated alkanes) is 1. The Morgan fingerprint density at radius 1 is 1.07 bits per heavy atom. The third kappa shape index (κ3) is 3.36. The molecule has 27 heavy (non-hydrogen) atoms. The van der Waals surface area contributed by atoms with Crippen LogP contribution in [0.5, 0.6) is 0 Å². The van der Waals surface area contributed by atoms with Crippen molar-refractivity contribution < 1.29 is 13.9 Å². The molecule has 0 fully saturated rings. The maximum absolute atomic E-state index is 14.2. The van der Waals surface area contributed by atoms with Gasteiger partial charge in [0.15, 0.2) is 5.76 Å². The van der Waals surface area contributed by atoms with Gasteiger partial charge in [0.05, 0.1) is 5.69 Å². The standard InChI is InChI=1S/C21H20FN3O2/c1-13-23-12-19(24-13)21-25-18(8-4-5-11-26)20(27-21)16-9-10-17(22)15-7-3-2-6-14(15)16/h2-3,6-7,9-10,12,26H,4-5,8,11H2,1H3,(H,23,24). The lowest BCUT2D eigenvalue weighted by Crippen LogP contribution is -1.93. The molecule has 0 saturated carbocycles. The fourth-order valence-corrected chi connectivity index (χ4v) is 3.23. The Morgan fingerprint density at radius 3 is 2.63 bits per heavy atom. The maximum atomic E-state index is 14.2. The van der Waals surface area contributed by atoms with Gasteiger partial charge in [-0.1, -0.05) is 24.3 Å². The largest absolute Gasteiger partial charge is 0.434 e. The number of fused-ring (bicyclic) bond motifs is 1. The number of aliphatic hydroxyl groups is 1. The number of nitrogens with zero attached hydrogens (tertiary/aromatic N) is 2. The first-order chi connectivity index (χ1) is 13.2. The molecule has 0 radical (unpaired) electrons. The predicted octanol–water partition coefficient (Wildman–Crippen LogP) is 4.65. The van der Waals surface area contributed by atoms with Crippen LogP contribution in [0.3, 0.4) is 0 Å². The summed E-state index contributed by atoms with van der Waals surface area (Å²) in [6, 6.07) is 10.5. The molecular weight excluding hydrogens is 345 g/mol. The van der Waals surface area contributed by atoms with Crippen LogP contribution in [0.25, 0.3) is 33.7 Å². The smallest absolute Gasteiger partial charge is 0.247 e. The van der Waals surface area contributed by atoms with E-state index in [1.807, 2.05) is 25.1 Å². The molecule has 4 aromatic rings. The van der Waals surface area contributed by atoms with Gasteiger partial charge >= 0.3 is 0 Å². The second-order valence-corrected chi connectivity index (χ2v) is 6.49. The zero-order valence-corrected chi connectivity index (χ0v) is 15.0. The molecule has 0 amide bonds. The van der Waals surface area contributed by atoms with E-state index in [-0.39, 0.29) is 12.4 Å². The molecule has 0 saturated heterocycles. The zero-order valence-electron chi connectivity index (χ0n) is 15.0. The summed E-state index contributed by atoms with van der Waals surface area (Å²) in [7, 11) is 0. The number of halogens is 1. The van der Waals surface area contributed by atoms with Crippen LogP contribution >= 0.6 is 0 Å². The lowest BCUT2D eigenvalue weighted by Gasteiger charge is -2.07. The number of hydrogen-bond donors (Lipinski definition) is 2. The number of imidazole rings is 1. The molecule has 0 aliphatic rings. The highest BCUT2D eigenvalue weighted by molar-refractivity contribution is 5.96. The van der Waals surface area contributed by atoms with Crippen LogP contribution in [0.4, 0.5) is 4.39 Å². The van der Waals surface area contributed by atoms with Crippen LogP contribution in [-0.4, -0.2) is 26.7 Å². The highest BCUT2D eigenvalue weighted by atomic mass is 19.1. The number of nitrogens with one attached hydrogen (secondary N) is 1. The summed E-state index contributed by atoms with van der Waals surface area (Å²) in [5, 5.41) is 10.4. The minimum absolute atomic E-state index is 0.137. The van der Waals surface area contributed by atoms with Crippen molar-refractivity contribution in [2.24, 2.45) is 0 Å². The number of aryl methyl sites for hydroxylation is 2. The summed E-state index contributed by atoms with van der Waals surface area (Å²) in [6.07, 6.45) is 3.89. The number of rotatable bonds is 6. The Hall–Kier alpha value is -2.99. The molecule has 138 valence electrons. The number of aromatic amines is 1. The number of aliphatic hydroxyl groups excluding tert-OH is 1. The van der Waals surface area contributed by atoms with Gasteiger partial charge in [-0.05, 0) is 43.7 Å². The Morgan fingerprint density at radius 2 is 1.89 bits per heavy atom. The number of aromatic nitrogens is 3. The topological polar surface area (TPSA) is 74.9 Å². The highest BCUT2D eigenvalue weighted by Gasteiger charge is 2.20. The number of benzene rings is 2. The van der Waals surface area contributed by atoms with Gasteiger partial charge in [0, 0.05) is 23.8 Å². The van der Waals surface area contributed by atoms with Crippen molar-refractivity contribution in [3.63, 3.8) is 0 Å². The van der Waals surface area contributed by atoms with Crippen molar-refractivity contribution in [2.45, 2.75) is 26.2 Å². The van der Waals surface area contributed by atoms with Crippen molar-refractivity contribution >= 4 is 10.8 Å². The normalized spacial score (nSPS) is 11.4. The van der Waals surface area contributed by atoms with Crippen LogP contribution in [0.15, 0.2) is 47.0 Å². The second kappa shape index (κ2) is 7.32. The van der Waals surface area contributed by atoms with E-state index < -0.39 is 0 Å². The SMILES string of the molecule is Cc1nc(-c2nc(CCCCO)c(-c3ccc(F)c4ccccc34)o2)c[nH]1. The Labute approximate surface area is 155 Å². The van der Waals surface area contributed by atoms with E-state index in [0.29, 0.717) is 35.6 Å². The Kier molecular flexibility index (Phi) is 4.73. The summed E-state index contributed by atoms with van der Waals surface area (Å²) >= 11 is 0. The lowest BCUT2D eigenvalue weighted by atomic mass is 10.00. The third-order valence-electron chi connectivity index (χ3n) is 4.56. The fourth-order valence-electron chi connectivity index (χ4n) is 3.23. The molecule has 0 spiro atoms. The van der Waals surface area contributed by atoms with Gasteiger partial charge in [0.25, 0.3) is 0 Å². The molecule has 2 aromatic carbocycles. The molecule has 0 unspecified atom stereocenters. The monoisotopic (exact) mass is 365 g/mol. The first-order valence-electron chi connectivity index (χ1n) is 8.98. The molecule has 0 aliphatic carbocycles. The second-order valence-electron chi connectivity index (χ2n) is 6.49. The summed E-state index contributed by atoms with van der Waals surface area (Å²) in [5.41, 5.74) is 2.22. The van der Waals surface area contributed by atoms with Gasteiger partial charge in [0.1, 0.15) is 17.3 Å². The Bertz CT molecular complexity index is 1080. The van der Waals surface area contributed by atoms with E-state index in [2.05, 4.69) is 15.0 Å². The molecule has 0 bridgehead atoms. The van der Waals surface area contributed by atoms with Gasteiger partial charge < -0.3 is 14.5 Å². The third-order valence-corrected chi connectivity index (χ3v) is 4.56. The fraction of sp³-hybridized carbons (Fsp3) is 0.238. The average molecular weight is 365 g/mol. The molecule has 2 heterocycles. The molecule has 4 rings (SSSR count). The molecule has 0 aliphatic heterocycles. The molecule has 2 N–H and O–H groups in total. The van der Waals surface area contributed by atoms with E-state index in [4.69, 9.17) is 9.52 Å². The van der Waals surface area contributed by atoms with Crippen LogP contribution in [-0.2, 0) is 6.42 Å². The maximum Gasteiger partial charge on any atom is 0.247 e. The Balaban J connectivity index is 1.86. The highest BCUT2D eigenvalue weighted by Crippen LogP contribution is 2.35. The first kappa shape index (κ1) is 17.4. The van der Waals surface area contributed by atoms with Crippen LogP contribution in [0.2, 0.25) is 0 Å². The summed E-state index contributed by atoms with van der Waals surface area (Å²) in [6.45, 7) is 2.00. The number of oxazole rings is 1. The predicted molar refractivity (Wildman–Crippen MR) is 102 cm³/mol. The molecular formula is C21H20FN3O2. The summed E-state index contributed by atoms with van der Waals surface area (Å²) in [4.78, 5) is 12.1. The van der Waals surface area contributed by atoms with Crippen LogP contribution in [0, 0.1) is 12.7 Å². The minimum atomic E-state index is -0.265. The van der Waals surface area contributed by atoms with E-state index in [1.54, 1.807) is 18.3 Å². The molecule has 6 heteroatoms. The minimum Gasteiger partial charge on any atom is -0.434 e. The number of H-pyrrole nitrogens is 1. The van der Waals surface area contributed by atoms with E-state index in [1.165, 1.54) is 6.07 Å². The van der Waals surface area contributed by atoms with Crippen LogP contribution < -0.4 is 0 Å². The van der Waals surface area contributed by atoms with Crippen LogP contribution in [0.1, 0.15) is 24.4 Å². The van der Waals surface area contributed by atoms with Crippen molar-refractivity contribution in [2.75, 3.05) is 6.61 Å². The zero-order chi connectivity index (χ0) is 18.8. The molecule has 5 nitrogen and oxygen atoms in total. The molecule has 0 atom stereocenters. The van der Waals surface area contributed by atoms with Gasteiger partial charge in [-0.2, -0.15) is 0 Å². The van der Waals surface area contributed by atoms with Crippen molar-refractivity contribution in [1.82, 2.24) is 15.0 Å². The van der Waals surface area contributed by atoms with Crippen molar-refractivity contribution in [3.05, 3.63) is 59.9 Å². The van der Waals surface area contributed by atoms with E-state index in [0.717, 1.165) is 28.9 Å². The lowest BCUT2D eigenvalue weighted by molar-refractivity contribution is 0.284. The van der Waals surface area contributed by atoms with Gasteiger partial charge in [-0.25, -0.2) is 14.4 Å². The van der Waals surface area contributed by atoms with E-state index >= 15 is 0 Å². The molecule has 2 aromatic heterocycles. The van der Waals surface area contributed by atoms with Gasteiger partial charge in [-0.15, -0.1) is 0 Å². The number of hydrogen-bond acceptors (Lipinski definition) is 4. The summed E-state index contributed by atoms with van der Waals surface area (Å²) < 4.78 is 20.3. The summed E-state index contributed by atoms with van der Waals surface area (Å²) in [5.74, 6) is 1.57. The average Bonchev–Trinajstić information content (AvgIpc) is 3.29. The van der Waals surface area contributed by atoms with Crippen molar-refractivity contribution in [3.8, 4) is 22.9 Å². The quantitative estimate of drug-likeness (QED) is 0.488.